The van der Waals surface area contributed by atoms with Gasteiger partial charge in [0.1, 0.15) is 5.75 Å². The van der Waals surface area contributed by atoms with Crippen LogP contribution in [0.3, 0.4) is 0 Å². The van der Waals surface area contributed by atoms with E-state index in [-0.39, 0.29) is 5.91 Å². The zero-order chi connectivity index (χ0) is 17.9. The van der Waals surface area contributed by atoms with Crippen molar-refractivity contribution < 1.29 is 9.53 Å². The van der Waals surface area contributed by atoms with Crippen molar-refractivity contribution in [1.29, 1.82) is 0 Å². The first kappa shape index (κ1) is 17.2. The summed E-state index contributed by atoms with van der Waals surface area (Å²) < 4.78 is 5.75. The van der Waals surface area contributed by atoms with Crippen molar-refractivity contribution in [3.63, 3.8) is 0 Å². The number of hydrogen-bond acceptors (Lipinski definition) is 3. The second-order valence-electron chi connectivity index (χ2n) is 7.00. The number of nitrogens with one attached hydrogen (secondary N) is 1. The third-order valence-corrected chi connectivity index (χ3v) is 5.33. The maximum absolute atomic E-state index is 12.5. The molecule has 2 aromatic rings. The molecule has 5 heteroatoms. The van der Waals surface area contributed by atoms with E-state index in [1.54, 1.807) is 6.07 Å². The first-order valence-corrected chi connectivity index (χ1v) is 9.68. The third kappa shape index (κ3) is 3.80. The minimum atomic E-state index is -0.506. The number of rotatable bonds is 3. The number of carbonyl (C=O) groups excluding carboxylic acids is 1. The fraction of sp³-hybridized carbons (Fsp3) is 0.381. The van der Waals surface area contributed by atoms with Crippen molar-refractivity contribution in [2.24, 2.45) is 0 Å². The lowest BCUT2D eigenvalue weighted by Gasteiger charge is -2.23. The Morgan fingerprint density at radius 2 is 1.77 bits per heavy atom. The molecule has 4 rings (SSSR count). The van der Waals surface area contributed by atoms with Gasteiger partial charge in [0.05, 0.1) is 0 Å². The van der Waals surface area contributed by atoms with Crippen LogP contribution in [0.4, 0.5) is 11.4 Å². The van der Waals surface area contributed by atoms with Gasteiger partial charge >= 0.3 is 0 Å². The highest BCUT2D eigenvalue weighted by Crippen LogP contribution is 2.31. The van der Waals surface area contributed by atoms with E-state index in [2.05, 4.69) is 22.3 Å². The summed E-state index contributed by atoms with van der Waals surface area (Å²) in [7, 11) is 0. The van der Waals surface area contributed by atoms with E-state index in [9.17, 15) is 4.79 Å². The summed E-state index contributed by atoms with van der Waals surface area (Å²) in [5.41, 5.74) is 3.00. The topological polar surface area (TPSA) is 41.6 Å². The normalized spacial score (nSPS) is 19.4. The summed E-state index contributed by atoms with van der Waals surface area (Å²) >= 11 is 6.01. The molecule has 136 valence electrons. The molecule has 1 fully saturated rings. The number of nitrogens with zero attached hydrogens (tertiary/aromatic N) is 1. The molecule has 2 aliphatic heterocycles. The van der Waals surface area contributed by atoms with Crippen LogP contribution in [-0.2, 0) is 11.2 Å². The molecule has 1 N–H and O–H groups in total. The van der Waals surface area contributed by atoms with Gasteiger partial charge in [-0.15, -0.1) is 0 Å². The lowest BCUT2D eigenvalue weighted by Crippen LogP contribution is -2.31. The molecule has 26 heavy (non-hydrogen) atoms. The molecule has 2 heterocycles. The lowest BCUT2D eigenvalue weighted by atomic mass is 10.1. The highest BCUT2D eigenvalue weighted by Gasteiger charge is 2.29. The highest BCUT2D eigenvalue weighted by atomic mass is 35.5. The Morgan fingerprint density at radius 3 is 2.50 bits per heavy atom. The quantitative estimate of drug-likeness (QED) is 0.854. The molecule has 2 aliphatic rings. The van der Waals surface area contributed by atoms with Crippen LogP contribution in [0.15, 0.2) is 42.5 Å². The zero-order valence-corrected chi connectivity index (χ0v) is 15.5. The van der Waals surface area contributed by atoms with Gasteiger partial charge in [-0.2, -0.15) is 0 Å². The monoisotopic (exact) mass is 370 g/mol. The summed E-state index contributed by atoms with van der Waals surface area (Å²) in [6.45, 7) is 2.23. The fourth-order valence-electron chi connectivity index (χ4n) is 3.67. The molecule has 0 bridgehead atoms. The maximum atomic E-state index is 12.5. The van der Waals surface area contributed by atoms with Gasteiger partial charge < -0.3 is 15.0 Å². The number of fused-ring (bicyclic) bond motifs is 1. The van der Waals surface area contributed by atoms with Gasteiger partial charge in [0.2, 0.25) is 0 Å². The van der Waals surface area contributed by atoms with Crippen LogP contribution in [0.2, 0.25) is 5.02 Å². The molecule has 0 unspecified atom stereocenters. The van der Waals surface area contributed by atoms with E-state index in [1.807, 2.05) is 24.3 Å². The van der Waals surface area contributed by atoms with Gasteiger partial charge in [-0.3, -0.25) is 4.79 Å². The molecule has 0 aliphatic carbocycles. The van der Waals surface area contributed by atoms with Crippen LogP contribution in [0.25, 0.3) is 0 Å². The molecule has 2 aromatic carbocycles. The van der Waals surface area contributed by atoms with E-state index < -0.39 is 6.10 Å². The summed E-state index contributed by atoms with van der Waals surface area (Å²) in [5.74, 6) is 0.617. The van der Waals surface area contributed by atoms with Gasteiger partial charge in [-0.05, 0) is 60.9 Å². The van der Waals surface area contributed by atoms with Crippen LogP contribution in [0.1, 0.15) is 31.2 Å². The van der Waals surface area contributed by atoms with E-state index >= 15 is 0 Å². The molecule has 4 nitrogen and oxygen atoms in total. The number of benzene rings is 2. The lowest BCUT2D eigenvalue weighted by molar-refractivity contribution is -0.122. The Balaban J connectivity index is 1.37. The van der Waals surface area contributed by atoms with Crippen molar-refractivity contribution in [1.82, 2.24) is 0 Å². The molecule has 1 amide bonds. The van der Waals surface area contributed by atoms with Crippen LogP contribution in [0, 0.1) is 0 Å². The second-order valence-corrected chi connectivity index (χ2v) is 7.44. The number of anilines is 2. The first-order chi connectivity index (χ1) is 12.7. The molecular formula is C21H23ClN2O2. The van der Waals surface area contributed by atoms with Crippen LogP contribution in [0.5, 0.6) is 5.75 Å². The largest absolute Gasteiger partial charge is 0.480 e. The van der Waals surface area contributed by atoms with Gasteiger partial charge in [-0.1, -0.05) is 24.4 Å². The van der Waals surface area contributed by atoms with E-state index in [1.165, 1.54) is 31.4 Å². The Kier molecular flexibility index (Phi) is 5.02. The van der Waals surface area contributed by atoms with Gasteiger partial charge in [0.15, 0.2) is 6.10 Å². The van der Waals surface area contributed by atoms with Crippen LogP contribution >= 0.6 is 11.6 Å². The Bertz CT molecular complexity index is 783. The molecule has 0 spiro atoms. The van der Waals surface area contributed by atoms with Gasteiger partial charge in [0, 0.05) is 35.9 Å². The summed E-state index contributed by atoms with van der Waals surface area (Å²) in [4.78, 5) is 15.0. The molecule has 0 saturated carbocycles. The summed E-state index contributed by atoms with van der Waals surface area (Å²) in [6.07, 6.45) is 5.19. The molecule has 0 aromatic heterocycles. The van der Waals surface area contributed by atoms with Crippen molar-refractivity contribution in [3.8, 4) is 5.75 Å². The van der Waals surface area contributed by atoms with Crippen molar-refractivity contribution in [2.45, 2.75) is 38.2 Å². The average molecular weight is 371 g/mol. The predicted octanol–water partition coefficient (Wildman–Crippen LogP) is 4.66. The number of carbonyl (C=O) groups is 1. The number of ether oxygens (including phenoxy) is 1. The minimum Gasteiger partial charge on any atom is -0.480 e. The van der Waals surface area contributed by atoms with E-state index in [0.717, 1.165) is 30.1 Å². The SMILES string of the molecule is O=C(Nc1ccc(N2CCCCCC2)cc1)[C@@H]1Cc2cc(Cl)ccc2O1. The molecular weight excluding hydrogens is 348 g/mol. The minimum absolute atomic E-state index is 0.125. The van der Waals surface area contributed by atoms with E-state index in [0.29, 0.717) is 11.4 Å². The number of halogens is 1. The number of hydrogen-bond donors (Lipinski definition) is 1. The van der Waals surface area contributed by atoms with Crippen molar-refractivity contribution in [3.05, 3.63) is 53.1 Å². The average Bonchev–Trinajstić information content (AvgIpc) is 2.87. The standard InChI is InChI=1S/C21H23ClN2O2/c22-16-5-10-19-15(13-16)14-20(26-19)21(25)23-17-6-8-18(9-7-17)24-11-3-1-2-4-12-24/h5-10,13,20H,1-4,11-12,14H2,(H,23,25)/t20-/m0/s1. The summed E-state index contributed by atoms with van der Waals surface area (Å²) in [6, 6.07) is 13.6. The maximum Gasteiger partial charge on any atom is 0.265 e. The Hall–Kier alpha value is -2.20. The molecule has 1 atom stereocenters. The molecule has 1 saturated heterocycles. The fourth-order valence-corrected chi connectivity index (χ4v) is 3.87. The predicted molar refractivity (Wildman–Crippen MR) is 105 cm³/mol. The number of amides is 1. The molecule has 0 radical (unpaired) electrons. The van der Waals surface area contributed by atoms with Crippen molar-refractivity contribution >= 4 is 28.9 Å². The van der Waals surface area contributed by atoms with Crippen molar-refractivity contribution in [2.75, 3.05) is 23.3 Å². The van der Waals surface area contributed by atoms with Gasteiger partial charge in [0.25, 0.3) is 5.91 Å². The van der Waals surface area contributed by atoms with Gasteiger partial charge in [-0.25, -0.2) is 0 Å². The highest BCUT2D eigenvalue weighted by molar-refractivity contribution is 6.30. The smallest absolute Gasteiger partial charge is 0.265 e. The summed E-state index contributed by atoms with van der Waals surface area (Å²) in [5, 5.41) is 3.62. The van der Waals surface area contributed by atoms with E-state index in [4.69, 9.17) is 16.3 Å². The third-order valence-electron chi connectivity index (χ3n) is 5.10. The van der Waals surface area contributed by atoms with Crippen LogP contribution in [-0.4, -0.2) is 25.1 Å². The van der Waals surface area contributed by atoms with Crippen LogP contribution < -0.4 is 15.0 Å². The Morgan fingerprint density at radius 1 is 1.04 bits per heavy atom. The second kappa shape index (κ2) is 7.58. The Labute approximate surface area is 159 Å². The zero-order valence-electron chi connectivity index (χ0n) is 14.7. The first-order valence-electron chi connectivity index (χ1n) is 9.30.